The van der Waals surface area contributed by atoms with E-state index in [4.69, 9.17) is 4.74 Å². The van der Waals surface area contributed by atoms with Crippen LogP contribution in [-0.4, -0.2) is 38.1 Å². The molecule has 5 nitrogen and oxygen atoms in total. The van der Waals surface area contributed by atoms with E-state index in [1.807, 2.05) is 51.4 Å². The zero-order valence-electron chi connectivity index (χ0n) is 19.5. The quantitative estimate of drug-likeness (QED) is 0.379. The van der Waals surface area contributed by atoms with Crippen molar-refractivity contribution in [3.63, 3.8) is 0 Å². The zero-order chi connectivity index (χ0) is 23.2. The number of carbonyl (C=O) groups is 1. The van der Waals surface area contributed by atoms with Crippen LogP contribution in [0.15, 0.2) is 79.0 Å². The van der Waals surface area contributed by atoms with E-state index in [-0.39, 0.29) is 11.8 Å². The molecule has 0 saturated heterocycles. The fraction of sp³-hybridized carbons (Fsp3) is 0.250. The number of H-pyrrole nitrogens is 1. The molecule has 0 fully saturated rings. The maximum atomic E-state index is 12.8. The molecule has 0 saturated carbocycles. The summed E-state index contributed by atoms with van der Waals surface area (Å²) < 4.78 is 5.49. The van der Waals surface area contributed by atoms with Crippen LogP contribution < -0.4 is 15.0 Å². The number of fused-ring (bicyclic) bond motifs is 1. The molecule has 3 aromatic carbocycles. The largest absolute Gasteiger partial charge is 0.494 e. The lowest BCUT2D eigenvalue weighted by Crippen LogP contribution is -2.30. The number of amides is 1. The second-order valence-electron chi connectivity index (χ2n) is 8.39. The molecule has 0 aliphatic heterocycles. The number of carbonyl (C=O) groups excluding carboxylic acids is 1. The van der Waals surface area contributed by atoms with Gasteiger partial charge in [-0.3, -0.25) is 4.79 Å². The van der Waals surface area contributed by atoms with Gasteiger partial charge in [-0.25, -0.2) is 0 Å². The normalized spacial score (nSPS) is 11.8. The van der Waals surface area contributed by atoms with Gasteiger partial charge in [-0.2, -0.15) is 0 Å². The number of nitrogens with one attached hydrogen (secondary N) is 2. The molecular weight excluding hydrogens is 410 g/mol. The monoisotopic (exact) mass is 441 g/mol. The summed E-state index contributed by atoms with van der Waals surface area (Å²) in [7, 11) is 4.07. The first-order valence-electron chi connectivity index (χ1n) is 11.4. The van der Waals surface area contributed by atoms with Gasteiger partial charge in [0.1, 0.15) is 5.75 Å². The number of hydrogen-bond donors (Lipinski definition) is 2. The highest BCUT2D eigenvalue weighted by molar-refractivity contribution is 5.84. The molecule has 33 heavy (non-hydrogen) atoms. The van der Waals surface area contributed by atoms with Gasteiger partial charge in [0.2, 0.25) is 5.91 Å². The summed E-state index contributed by atoms with van der Waals surface area (Å²) in [6.07, 6.45) is 2.40. The third kappa shape index (κ3) is 5.37. The van der Waals surface area contributed by atoms with Gasteiger partial charge >= 0.3 is 0 Å². The Morgan fingerprint density at radius 2 is 1.73 bits per heavy atom. The first-order valence-corrected chi connectivity index (χ1v) is 11.4. The van der Waals surface area contributed by atoms with Crippen molar-refractivity contribution in [2.75, 3.05) is 32.1 Å². The van der Waals surface area contributed by atoms with Crippen LogP contribution in [-0.2, 0) is 11.2 Å². The Bertz CT molecular complexity index is 1190. The van der Waals surface area contributed by atoms with E-state index in [0.29, 0.717) is 19.6 Å². The highest BCUT2D eigenvalue weighted by atomic mass is 16.5. The second kappa shape index (κ2) is 10.3. The molecule has 1 amide bonds. The van der Waals surface area contributed by atoms with Crippen molar-refractivity contribution in [1.82, 2.24) is 10.3 Å². The van der Waals surface area contributed by atoms with Crippen LogP contribution in [0, 0.1) is 0 Å². The van der Waals surface area contributed by atoms with E-state index in [1.165, 1.54) is 16.5 Å². The van der Waals surface area contributed by atoms with Crippen molar-refractivity contribution in [2.45, 2.75) is 19.3 Å². The summed E-state index contributed by atoms with van der Waals surface area (Å²) in [6.45, 7) is 3.11. The lowest BCUT2D eigenvalue weighted by Gasteiger charge is -2.20. The maximum absolute atomic E-state index is 12.8. The van der Waals surface area contributed by atoms with E-state index in [2.05, 4.69) is 63.9 Å². The van der Waals surface area contributed by atoms with Crippen molar-refractivity contribution >= 4 is 22.5 Å². The predicted octanol–water partition coefficient (Wildman–Crippen LogP) is 5.12. The molecule has 0 spiro atoms. The highest BCUT2D eigenvalue weighted by Gasteiger charge is 2.19. The molecule has 1 aromatic heterocycles. The van der Waals surface area contributed by atoms with Gasteiger partial charge in [0.25, 0.3) is 0 Å². The number of aromatic nitrogens is 1. The van der Waals surface area contributed by atoms with Crippen molar-refractivity contribution in [2.24, 2.45) is 0 Å². The summed E-state index contributed by atoms with van der Waals surface area (Å²) >= 11 is 0. The first kappa shape index (κ1) is 22.5. The average molecular weight is 442 g/mol. The summed E-state index contributed by atoms with van der Waals surface area (Å²) in [4.78, 5) is 18.2. The summed E-state index contributed by atoms with van der Waals surface area (Å²) in [5, 5.41) is 4.35. The van der Waals surface area contributed by atoms with Crippen molar-refractivity contribution in [1.29, 1.82) is 0 Å². The molecule has 0 aliphatic rings. The molecule has 4 rings (SSSR count). The molecule has 0 radical (unpaired) electrons. The summed E-state index contributed by atoms with van der Waals surface area (Å²) in [5.74, 6) is 0.873. The third-order valence-corrected chi connectivity index (χ3v) is 5.91. The van der Waals surface area contributed by atoms with Crippen molar-refractivity contribution < 1.29 is 9.53 Å². The minimum atomic E-state index is 0.00825. The van der Waals surface area contributed by atoms with Crippen molar-refractivity contribution in [3.8, 4) is 5.75 Å². The number of anilines is 1. The smallest absolute Gasteiger partial charge is 0.224 e. The van der Waals surface area contributed by atoms with Crippen LogP contribution in [0.5, 0.6) is 5.75 Å². The molecule has 4 aromatic rings. The first-order chi connectivity index (χ1) is 16.0. The Morgan fingerprint density at radius 3 is 2.42 bits per heavy atom. The number of ether oxygens (including phenoxy) is 1. The predicted molar refractivity (Wildman–Crippen MR) is 135 cm³/mol. The van der Waals surface area contributed by atoms with E-state index in [0.717, 1.165) is 22.5 Å². The van der Waals surface area contributed by atoms with Gasteiger partial charge in [0.15, 0.2) is 0 Å². The third-order valence-electron chi connectivity index (χ3n) is 5.91. The van der Waals surface area contributed by atoms with Gasteiger partial charge < -0.3 is 19.9 Å². The lowest BCUT2D eigenvalue weighted by molar-refractivity contribution is -0.120. The Hall–Kier alpha value is -3.73. The standard InChI is InChI=1S/C28H31N3O2/c1-4-33-23-15-9-20(10-16-23)17-28(32)30-18-25(21-11-13-22(14-12-21)31(2)3)26-19-29-27-8-6-5-7-24(26)27/h5-16,19,25,29H,4,17-18H2,1-3H3,(H,30,32). The zero-order valence-corrected chi connectivity index (χ0v) is 19.5. The Balaban J connectivity index is 1.53. The number of para-hydroxylation sites is 1. The van der Waals surface area contributed by atoms with E-state index >= 15 is 0 Å². The van der Waals surface area contributed by atoms with E-state index < -0.39 is 0 Å². The van der Waals surface area contributed by atoms with Crippen LogP contribution in [0.2, 0.25) is 0 Å². The number of aromatic amines is 1. The molecule has 0 aliphatic carbocycles. The fourth-order valence-corrected chi connectivity index (χ4v) is 4.13. The molecule has 1 unspecified atom stereocenters. The van der Waals surface area contributed by atoms with Crippen LogP contribution in [0.1, 0.15) is 29.5 Å². The molecule has 1 atom stereocenters. The van der Waals surface area contributed by atoms with Gasteiger partial charge in [0, 0.05) is 49.3 Å². The lowest BCUT2D eigenvalue weighted by atomic mass is 9.90. The molecule has 5 heteroatoms. The highest BCUT2D eigenvalue weighted by Crippen LogP contribution is 2.31. The minimum absolute atomic E-state index is 0.00825. The number of rotatable bonds is 9. The number of hydrogen-bond acceptors (Lipinski definition) is 3. The maximum Gasteiger partial charge on any atom is 0.224 e. The fourth-order valence-electron chi connectivity index (χ4n) is 4.13. The van der Waals surface area contributed by atoms with Gasteiger partial charge in [-0.15, -0.1) is 0 Å². The molecule has 2 N–H and O–H groups in total. The molecule has 170 valence electrons. The second-order valence-corrected chi connectivity index (χ2v) is 8.39. The number of benzene rings is 3. The van der Waals surface area contributed by atoms with Crippen LogP contribution in [0.3, 0.4) is 0 Å². The SMILES string of the molecule is CCOc1ccc(CC(=O)NCC(c2ccc(N(C)C)cc2)c2c[nH]c3ccccc23)cc1. The summed E-state index contributed by atoms with van der Waals surface area (Å²) in [6, 6.07) is 24.6. The number of nitrogens with zero attached hydrogens (tertiary/aromatic N) is 1. The molecule has 1 heterocycles. The van der Waals surface area contributed by atoms with E-state index in [9.17, 15) is 4.79 Å². The molecule has 0 bridgehead atoms. The van der Waals surface area contributed by atoms with Gasteiger partial charge in [0.05, 0.1) is 13.0 Å². The molecular formula is C28H31N3O2. The van der Waals surface area contributed by atoms with Crippen LogP contribution in [0.25, 0.3) is 10.9 Å². The van der Waals surface area contributed by atoms with Crippen LogP contribution in [0.4, 0.5) is 5.69 Å². The Kier molecular flexibility index (Phi) is 6.98. The van der Waals surface area contributed by atoms with E-state index in [1.54, 1.807) is 0 Å². The average Bonchev–Trinajstić information content (AvgIpc) is 3.25. The van der Waals surface area contributed by atoms with Crippen LogP contribution >= 0.6 is 0 Å². The van der Waals surface area contributed by atoms with Crippen molar-refractivity contribution in [3.05, 3.63) is 95.7 Å². The Morgan fingerprint density at radius 1 is 1.00 bits per heavy atom. The summed E-state index contributed by atoms with van der Waals surface area (Å²) in [5.41, 5.74) is 5.57. The topological polar surface area (TPSA) is 57.4 Å². The minimum Gasteiger partial charge on any atom is -0.494 e. The van der Waals surface area contributed by atoms with Gasteiger partial charge in [-0.05, 0) is 53.9 Å². The Labute approximate surface area is 195 Å². The van der Waals surface area contributed by atoms with Gasteiger partial charge in [-0.1, -0.05) is 42.5 Å².